The molecule has 1 aliphatic rings. The molecule has 1 aliphatic heterocycles. The summed E-state index contributed by atoms with van der Waals surface area (Å²) >= 11 is 0. The first kappa shape index (κ1) is 21.6. The Morgan fingerprint density at radius 1 is 1.19 bits per heavy atom. The van der Waals surface area contributed by atoms with Gasteiger partial charge in [-0.1, -0.05) is 29.4 Å². The van der Waals surface area contributed by atoms with E-state index in [9.17, 15) is 12.8 Å². The molecule has 1 aromatic heterocycles. The Bertz CT molecular complexity index is 1160. The van der Waals surface area contributed by atoms with Gasteiger partial charge in [-0.05, 0) is 49.2 Å². The van der Waals surface area contributed by atoms with Crippen LogP contribution < -0.4 is 0 Å². The first-order valence-electron chi connectivity index (χ1n) is 10.2. The summed E-state index contributed by atoms with van der Waals surface area (Å²) in [4.78, 5) is 7.05. The van der Waals surface area contributed by atoms with E-state index in [4.69, 9.17) is 4.52 Å². The lowest BCUT2D eigenvalue weighted by molar-refractivity contribution is 0.180. The molecule has 0 saturated carbocycles. The number of hydrogen-bond donors (Lipinski definition) is 0. The SMILES string of the molecule is CN(C)S(=O)(=O)c1cccc(CN2CCCC(c3nc(-c4cccc(F)c4)no3)C2)c1. The van der Waals surface area contributed by atoms with Gasteiger partial charge in [-0.2, -0.15) is 4.98 Å². The van der Waals surface area contributed by atoms with Crippen LogP contribution in [-0.4, -0.2) is 54.9 Å². The Kier molecular flexibility index (Phi) is 6.17. The molecular weight excluding hydrogens is 419 g/mol. The number of likely N-dealkylation sites (tertiary alicyclic amines) is 1. The molecule has 0 bridgehead atoms. The largest absolute Gasteiger partial charge is 0.339 e. The Hall–Kier alpha value is -2.62. The van der Waals surface area contributed by atoms with Crippen LogP contribution in [0.1, 0.15) is 30.2 Å². The third-order valence-electron chi connectivity index (χ3n) is 5.46. The number of piperidine rings is 1. The Morgan fingerprint density at radius 3 is 2.77 bits per heavy atom. The maximum Gasteiger partial charge on any atom is 0.242 e. The molecule has 0 amide bonds. The van der Waals surface area contributed by atoms with Gasteiger partial charge in [-0.15, -0.1) is 0 Å². The molecule has 1 fully saturated rings. The van der Waals surface area contributed by atoms with E-state index < -0.39 is 10.0 Å². The van der Waals surface area contributed by atoms with Gasteiger partial charge in [0.1, 0.15) is 5.82 Å². The second kappa shape index (κ2) is 8.86. The molecule has 0 spiro atoms. The van der Waals surface area contributed by atoms with Crippen molar-refractivity contribution in [3.05, 3.63) is 65.8 Å². The summed E-state index contributed by atoms with van der Waals surface area (Å²) in [6, 6.07) is 13.2. The zero-order valence-corrected chi connectivity index (χ0v) is 18.3. The summed E-state index contributed by atoms with van der Waals surface area (Å²) in [5.74, 6) is 0.671. The normalized spacial score (nSPS) is 17.9. The van der Waals surface area contributed by atoms with Gasteiger partial charge in [0.05, 0.1) is 10.8 Å². The molecule has 2 aromatic carbocycles. The van der Waals surface area contributed by atoms with Crippen molar-refractivity contribution in [1.82, 2.24) is 19.3 Å². The molecule has 1 saturated heterocycles. The van der Waals surface area contributed by atoms with E-state index >= 15 is 0 Å². The van der Waals surface area contributed by atoms with Crippen LogP contribution in [0.5, 0.6) is 0 Å². The quantitative estimate of drug-likeness (QED) is 0.579. The van der Waals surface area contributed by atoms with Gasteiger partial charge in [-0.25, -0.2) is 17.1 Å². The lowest BCUT2D eigenvalue weighted by Crippen LogP contribution is -2.34. The van der Waals surface area contributed by atoms with Crippen molar-refractivity contribution in [2.24, 2.45) is 0 Å². The van der Waals surface area contributed by atoms with Gasteiger partial charge >= 0.3 is 0 Å². The van der Waals surface area contributed by atoms with E-state index in [2.05, 4.69) is 15.0 Å². The molecule has 0 N–H and O–H groups in total. The van der Waals surface area contributed by atoms with E-state index in [-0.39, 0.29) is 11.7 Å². The minimum Gasteiger partial charge on any atom is -0.339 e. The van der Waals surface area contributed by atoms with Crippen molar-refractivity contribution in [3.63, 3.8) is 0 Å². The van der Waals surface area contributed by atoms with Gasteiger partial charge in [0.25, 0.3) is 0 Å². The Morgan fingerprint density at radius 2 is 2.00 bits per heavy atom. The number of sulfonamides is 1. The summed E-state index contributed by atoms with van der Waals surface area (Å²) in [6.45, 7) is 2.28. The van der Waals surface area contributed by atoms with Crippen LogP contribution in [-0.2, 0) is 16.6 Å². The highest BCUT2D eigenvalue weighted by molar-refractivity contribution is 7.89. The maximum absolute atomic E-state index is 13.5. The molecule has 0 radical (unpaired) electrons. The third-order valence-corrected chi connectivity index (χ3v) is 7.27. The second-order valence-corrected chi connectivity index (χ2v) is 10.1. The number of hydrogen-bond acceptors (Lipinski definition) is 6. The maximum atomic E-state index is 13.5. The second-order valence-electron chi connectivity index (χ2n) is 7.98. The number of rotatable bonds is 6. The molecular formula is C22H25FN4O3S. The van der Waals surface area contributed by atoms with Gasteiger partial charge in [0.2, 0.25) is 21.7 Å². The summed E-state index contributed by atoms with van der Waals surface area (Å²) in [6.07, 6.45) is 1.90. The molecule has 2 heterocycles. The molecule has 7 nitrogen and oxygen atoms in total. The van der Waals surface area contributed by atoms with Crippen LogP contribution >= 0.6 is 0 Å². The highest BCUT2D eigenvalue weighted by Crippen LogP contribution is 2.29. The zero-order valence-electron chi connectivity index (χ0n) is 17.5. The number of aromatic nitrogens is 2. The molecule has 164 valence electrons. The predicted octanol–water partition coefficient (Wildman–Crippen LogP) is 3.51. The molecule has 4 rings (SSSR count). The fourth-order valence-corrected chi connectivity index (χ4v) is 4.79. The van der Waals surface area contributed by atoms with E-state index in [0.29, 0.717) is 28.7 Å². The highest BCUT2D eigenvalue weighted by Gasteiger charge is 2.27. The van der Waals surface area contributed by atoms with E-state index in [0.717, 1.165) is 31.5 Å². The lowest BCUT2D eigenvalue weighted by Gasteiger charge is -2.31. The predicted molar refractivity (Wildman–Crippen MR) is 114 cm³/mol. The molecule has 31 heavy (non-hydrogen) atoms. The first-order chi connectivity index (χ1) is 14.8. The molecule has 1 atom stereocenters. The topological polar surface area (TPSA) is 79.5 Å². The minimum absolute atomic E-state index is 0.0808. The fraction of sp³-hybridized carbons (Fsp3) is 0.364. The van der Waals surface area contributed by atoms with Crippen molar-refractivity contribution < 1.29 is 17.3 Å². The standard InChI is InChI=1S/C22H25FN4O3S/c1-26(2)31(28,29)20-10-3-6-16(12-20)14-27-11-5-8-18(15-27)22-24-21(25-30-22)17-7-4-9-19(23)13-17/h3-4,6-7,9-10,12-13,18H,5,8,11,14-15H2,1-2H3. The summed E-state index contributed by atoms with van der Waals surface area (Å²) in [5.41, 5.74) is 1.52. The minimum atomic E-state index is -3.47. The zero-order chi connectivity index (χ0) is 22.0. The average molecular weight is 445 g/mol. The van der Waals surface area contributed by atoms with Gasteiger partial charge in [0, 0.05) is 32.7 Å². The van der Waals surface area contributed by atoms with E-state index in [1.54, 1.807) is 30.3 Å². The molecule has 0 aliphatic carbocycles. The number of nitrogens with zero attached hydrogens (tertiary/aromatic N) is 4. The summed E-state index contributed by atoms with van der Waals surface area (Å²) < 4.78 is 45.0. The van der Waals surface area contributed by atoms with Crippen LogP contribution in [0.15, 0.2) is 57.9 Å². The van der Waals surface area contributed by atoms with Crippen LogP contribution in [0.2, 0.25) is 0 Å². The van der Waals surface area contributed by atoms with Crippen LogP contribution in [0.4, 0.5) is 4.39 Å². The smallest absolute Gasteiger partial charge is 0.242 e. The first-order valence-corrected chi connectivity index (χ1v) is 11.6. The molecule has 9 heteroatoms. The highest BCUT2D eigenvalue weighted by atomic mass is 32.2. The van der Waals surface area contributed by atoms with Crippen molar-refractivity contribution in [1.29, 1.82) is 0 Å². The molecule has 3 aromatic rings. The Balaban J connectivity index is 1.46. The van der Waals surface area contributed by atoms with Crippen molar-refractivity contribution in [2.45, 2.75) is 30.2 Å². The fourth-order valence-electron chi connectivity index (χ4n) is 3.82. The lowest BCUT2D eigenvalue weighted by atomic mass is 9.97. The van der Waals surface area contributed by atoms with E-state index in [1.807, 2.05) is 6.07 Å². The average Bonchev–Trinajstić information content (AvgIpc) is 3.24. The van der Waals surface area contributed by atoms with Crippen molar-refractivity contribution in [3.8, 4) is 11.4 Å². The third kappa shape index (κ3) is 4.84. The number of halogens is 1. The van der Waals surface area contributed by atoms with Gasteiger partial charge < -0.3 is 4.52 Å². The van der Waals surface area contributed by atoms with Crippen LogP contribution in [0, 0.1) is 5.82 Å². The molecule has 1 unspecified atom stereocenters. The van der Waals surface area contributed by atoms with Crippen molar-refractivity contribution >= 4 is 10.0 Å². The summed E-state index contributed by atoms with van der Waals surface area (Å²) in [5, 5.41) is 4.02. The monoisotopic (exact) mass is 444 g/mol. The van der Waals surface area contributed by atoms with Crippen molar-refractivity contribution in [2.75, 3.05) is 27.2 Å². The van der Waals surface area contributed by atoms with Gasteiger partial charge in [-0.3, -0.25) is 4.90 Å². The Labute approximate surface area is 181 Å². The van der Waals surface area contributed by atoms with Crippen LogP contribution in [0.3, 0.4) is 0 Å². The number of benzene rings is 2. The van der Waals surface area contributed by atoms with Crippen LogP contribution in [0.25, 0.3) is 11.4 Å². The van der Waals surface area contributed by atoms with Gasteiger partial charge in [0.15, 0.2) is 0 Å². The summed E-state index contributed by atoms with van der Waals surface area (Å²) in [7, 11) is -0.411. The van der Waals surface area contributed by atoms with E-state index in [1.165, 1.54) is 30.5 Å².